The lowest BCUT2D eigenvalue weighted by Crippen LogP contribution is -2.50. The standard InChI is InChI=1S/C13H27N3O3/c1-13(4-10-17,11-19-2)15-5-3-12(18)16-8-6-14-7-9-16/h14-15,17H,3-11H2,1-2H3. The molecule has 1 saturated heterocycles. The molecule has 1 atom stereocenters. The Labute approximate surface area is 115 Å². The monoisotopic (exact) mass is 273 g/mol. The minimum absolute atomic E-state index is 0.110. The Bertz CT molecular complexity index is 262. The summed E-state index contributed by atoms with van der Waals surface area (Å²) in [6.45, 7) is 6.60. The van der Waals surface area contributed by atoms with E-state index < -0.39 is 0 Å². The van der Waals surface area contributed by atoms with Crippen molar-refractivity contribution in [3.05, 3.63) is 0 Å². The number of carbonyl (C=O) groups excluding carboxylic acids is 1. The fourth-order valence-electron chi connectivity index (χ4n) is 2.32. The van der Waals surface area contributed by atoms with Crippen molar-refractivity contribution in [1.82, 2.24) is 15.5 Å². The predicted molar refractivity (Wildman–Crippen MR) is 74.1 cm³/mol. The van der Waals surface area contributed by atoms with Crippen molar-refractivity contribution in [2.45, 2.75) is 25.3 Å². The second-order valence-corrected chi connectivity index (χ2v) is 5.27. The molecule has 1 aliphatic heterocycles. The van der Waals surface area contributed by atoms with E-state index in [0.29, 0.717) is 26.0 Å². The highest BCUT2D eigenvalue weighted by atomic mass is 16.5. The lowest BCUT2D eigenvalue weighted by molar-refractivity contribution is -0.131. The average Bonchev–Trinajstić information content (AvgIpc) is 2.40. The minimum Gasteiger partial charge on any atom is -0.396 e. The van der Waals surface area contributed by atoms with Gasteiger partial charge in [0.25, 0.3) is 0 Å². The van der Waals surface area contributed by atoms with Gasteiger partial charge < -0.3 is 25.4 Å². The number of aliphatic hydroxyl groups is 1. The number of amides is 1. The van der Waals surface area contributed by atoms with Gasteiger partial charge in [-0.05, 0) is 13.3 Å². The molecule has 6 nitrogen and oxygen atoms in total. The highest BCUT2D eigenvalue weighted by Gasteiger charge is 2.23. The van der Waals surface area contributed by atoms with Gasteiger partial charge in [0.2, 0.25) is 5.91 Å². The predicted octanol–water partition coefficient (Wildman–Crippen LogP) is -0.815. The Morgan fingerprint density at radius 2 is 2.16 bits per heavy atom. The summed E-state index contributed by atoms with van der Waals surface area (Å²) in [5.74, 6) is 0.192. The number of hydrogen-bond donors (Lipinski definition) is 3. The summed E-state index contributed by atoms with van der Waals surface area (Å²) in [4.78, 5) is 13.9. The number of aliphatic hydroxyl groups excluding tert-OH is 1. The Morgan fingerprint density at radius 1 is 1.47 bits per heavy atom. The first-order valence-electron chi connectivity index (χ1n) is 6.94. The largest absolute Gasteiger partial charge is 0.396 e. The summed E-state index contributed by atoms with van der Waals surface area (Å²) >= 11 is 0. The van der Waals surface area contributed by atoms with Crippen LogP contribution in [0.5, 0.6) is 0 Å². The number of rotatable bonds is 8. The normalized spacial score (nSPS) is 19.2. The van der Waals surface area contributed by atoms with E-state index in [4.69, 9.17) is 9.84 Å². The fraction of sp³-hybridized carbons (Fsp3) is 0.923. The molecule has 1 amide bonds. The van der Waals surface area contributed by atoms with Gasteiger partial charge in [-0.3, -0.25) is 4.79 Å². The molecular formula is C13H27N3O3. The maximum absolute atomic E-state index is 12.0. The summed E-state index contributed by atoms with van der Waals surface area (Å²) in [7, 11) is 1.64. The van der Waals surface area contributed by atoms with Crippen LogP contribution in [0.25, 0.3) is 0 Å². The number of hydrogen-bond acceptors (Lipinski definition) is 5. The summed E-state index contributed by atoms with van der Waals surface area (Å²) < 4.78 is 5.16. The molecule has 19 heavy (non-hydrogen) atoms. The number of nitrogens with one attached hydrogen (secondary N) is 2. The van der Waals surface area contributed by atoms with Gasteiger partial charge in [-0.25, -0.2) is 0 Å². The zero-order chi connectivity index (χ0) is 14.1. The van der Waals surface area contributed by atoms with Crippen molar-refractivity contribution >= 4 is 5.91 Å². The van der Waals surface area contributed by atoms with Gasteiger partial charge in [-0.2, -0.15) is 0 Å². The van der Waals surface area contributed by atoms with Gasteiger partial charge in [0, 0.05) is 58.4 Å². The molecule has 1 heterocycles. The van der Waals surface area contributed by atoms with Crippen LogP contribution in [0.15, 0.2) is 0 Å². The Kier molecular flexibility index (Phi) is 7.30. The van der Waals surface area contributed by atoms with Crippen LogP contribution in [0.1, 0.15) is 19.8 Å². The second-order valence-electron chi connectivity index (χ2n) is 5.27. The molecule has 3 N–H and O–H groups in total. The van der Waals surface area contributed by atoms with Crippen LogP contribution in [-0.4, -0.2) is 74.5 Å². The molecule has 0 spiro atoms. The molecule has 0 radical (unpaired) electrons. The fourth-order valence-corrected chi connectivity index (χ4v) is 2.32. The summed E-state index contributed by atoms with van der Waals surface area (Å²) in [5.41, 5.74) is -0.271. The van der Waals surface area contributed by atoms with Gasteiger partial charge in [0.15, 0.2) is 0 Å². The smallest absolute Gasteiger partial charge is 0.223 e. The van der Waals surface area contributed by atoms with Crippen molar-refractivity contribution in [3.8, 4) is 0 Å². The van der Waals surface area contributed by atoms with Crippen LogP contribution in [0.3, 0.4) is 0 Å². The van der Waals surface area contributed by atoms with Gasteiger partial charge in [0.05, 0.1) is 6.61 Å². The first-order chi connectivity index (χ1) is 9.11. The highest BCUT2D eigenvalue weighted by molar-refractivity contribution is 5.76. The molecule has 6 heteroatoms. The van der Waals surface area contributed by atoms with E-state index in [1.54, 1.807) is 7.11 Å². The van der Waals surface area contributed by atoms with E-state index in [2.05, 4.69) is 10.6 Å². The molecule has 1 rings (SSSR count). The number of methoxy groups -OCH3 is 1. The van der Waals surface area contributed by atoms with Crippen molar-refractivity contribution in [3.63, 3.8) is 0 Å². The first-order valence-corrected chi connectivity index (χ1v) is 6.94. The summed E-state index contributed by atoms with van der Waals surface area (Å²) in [6, 6.07) is 0. The van der Waals surface area contributed by atoms with Gasteiger partial charge >= 0.3 is 0 Å². The SMILES string of the molecule is COCC(C)(CCO)NCCC(=O)N1CCNCC1. The summed E-state index contributed by atoms with van der Waals surface area (Å²) in [5, 5.41) is 15.6. The maximum atomic E-state index is 12.0. The molecule has 1 unspecified atom stereocenters. The number of ether oxygens (including phenoxy) is 1. The summed E-state index contributed by atoms with van der Waals surface area (Å²) in [6.07, 6.45) is 1.10. The molecule has 112 valence electrons. The Balaban J connectivity index is 2.28. The van der Waals surface area contributed by atoms with E-state index in [1.807, 2.05) is 11.8 Å². The Hall–Kier alpha value is -0.690. The molecule has 0 bridgehead atoms. The molecule has 0 aromatic carbocycles. The average molecular weight is 273 g/mol. The molecule has 0 aromatic rings. The van der Waals surface area contributed by atoms with Crippen LogP contribution in [0.2, 0.25) is 0 Å². The van der Waals surface area contributed by atoms with Crippen LogP contribution >= 0.6 is 0 Å². The van der Waals surface area contributed by atoms with E-state index in [9.17, 15) is 4.79 Å². The van der Waals surface area contributed by atoms with Gasteiger partial charge in [-0.15, -0.1) is 0 Å². The number of piperazine rings is 1. The molecular weight excluding hydrogens is 246 g/mol. The van der Waals surface area contributed by atoms with E-state index >= 15 is 0 Å². The molecule has 0 aromatic heterocycles. The second kappa shape index (κ2) is 8.47. The molecule has 0 aliphatic carbocycles. The minimum atomic E-state index is -0.271. The lowest BCUT2D eigenvalue weighted by atomic mass is 9.99. The molecule has 0 saturated carbocycles. The zero-order valence-corrected chi connectivity index (χ0v) is 12.1. The van der Waals surface area contributed by atoms with Crippen molar-refractivity contribution < 1.29 is 14.6 Å². The van der Waals surface area contributed by atoms with Crippen LogP contribution in [0, 0.1) is 0 Å². The third-order valence-electron chi connectivity index (χ3n) is 3.49. The van der Waals surface area contributed by atoms with Crippen LogP contribution in [-0.2, 0) is 9.53 Å². The van der Waals surface area contributed by atoms with Crippen LogP contribution in [0.4, 0.5) is 0 Å². The Morgan fingerprint density at radius 3 is 2.74 bits per heavy atom. The third kappa shape index (κ3) is 5.86. The van der Waals surface area contributed by atoms with Crippen molar-refractivity contribution in [2.75, 3.05) is 53.0 Å². The first kappa shape index (κ1) is 16.4. The molecule has 1 aliphatic rings. The van der Waals surface area contributed by atoms with E-state index in [0.717, 1.165) is 26.2 Å². The zero-order valence-electron chi connectivity index (χ0n) is 12.1. The third-order valence-corrected chi connectivity index (χ3v) is 3.49. The lowest BCUT2D eigenvalue weighted by Gasteiger charge is -2.31. The maximum Gasteiger partial charge on any atom is 0.223 e. The van der Waals surface area contributed by atoms with Crippen molar-refractivity contribution in [2.24, 2.45) is 0 Å². The topological polar surface area (TPSA) is 73.8 Å². The van der Waals surface area contributed by atoms with E-state index in [1.165, 1.54) is 0 Å². The number of carbonyl (C=O) groups is 1. The van der Waals surface area contributed by atoms with Gasteiger partial charge in [0.1, 0.15) is 0 Å². The quantitative estimate of drug-likeness (QED) is 0.539. The highest BCUT2D eigenvalue weighted by Crippen LogP contribution is 2.09. The van der Waals surface area contributed by atoms with E-state index in [-0.39, 0.29) is 18.1 Å². The van der Waals surface area contributed by atoms with Crippen LogP contribution < -0.4 is 10.6 Å². The van der Waals surface area contributed by atoms with Crippen molar-refractivity contribution in [1.29, 1.82) is 0 Å². The van der Waals surface area contributed by atoms with Gasteiger partial charge in [-0.1, -0.05) is 0 Å². The molecule has 1 fully saturated rings. The number of nitrogens with zero attached hydrogens (tertiary/aromatic N) is 1.